The molecule has 0 saturated carbocycles. The Morgan fingerprint density at radius 3 is 2.42 bits per heavy atom. The predicted molar refractivity (Wildman–Crippen MR) is 120 cm³/mol. The van der Waals surface area contributed by atoms with E-state index in [9.17, 15) is 4.79 Å². The second-order valence-corrected chi connectivity index (χ2v) is 6.59. The first kappa shape index (κ1) is 21.8. The Labute approximate surface area is 181 Å². The minimum atomic E-state index is -0.283. The molecule has 0 radical (unpaired) electrons. The molecule has 0 aliphatic carbocycles. The second-order valence-electron chi connectivity index (χ2n) is 6.59. The van der Waals surface area contributed by atoms with E-state index in [1.54, 1.807) is 33.4 Å². The van der Waals surface area contributed by atoms with Crippen molar-refractivity contribution in [1.29, 1.82) is 0 Å². The van der Waals surface area contributed by atoms with Crippen molar-refractivity contribution in [2.24, 2.45) is 4.99 Å². The molecule has 3 N–H and O–H groups in total. The van der Waals surface area contributed by atoms with Crippen LogP contribution in [0.5, 0.6) is 11.5 Å². The van der Waals surface area contributed by atoms with Crippen LogP contribution in [-0.2, 0) is 13.1 Å². The number of carbonyl (C=O) groups excluding carboxylic acids is 1. The molecule has 0 spiro atoms. The van der Waals surface area contributed by atoms with Gasteiger partial charge in [0.05, 0.1) is 20.5 Å². The predicted octanol–water partition coefficient (Wildman–Crippen LogP) is 3.41. The fourth-order valence-electron chi connectivity index (χ4n) is 2.89. The first-order chi connectivity index (χ1) is 15.1. The molecule has 31 heavy (non-hydrogen) atoms. The maximum Gasteiger partial charge on any atom is 0.291 e. The molecule has 0 fully saturated rings. The summed E-state index contributed by atoms with van der Waals surface area (Å²) in [6.45, 7) is 1.12. The summed E-state index contributed by atoms with van der Waals surface area (Å²) in [5, 5.41) is 9.34. The van der Waals surface area contributed by atoms with Crippen molar-refractivity contribution in [3.63, 3.8) is 0 Å². The number of aliphatic imine (C=N–C) groups is 1. The average molecular weight is 422 g/mol. The SMILES string of the molecule is CN=C(NCc1ccc(NC(=O)c2ccco2)cc1)NCc1ccc(OC)cc1OC. The van der Waals surface area contributed by atoms with Crippen LogP contribution in [0.4, 0.5) is 5.69 Å². The summed E-state index contributed by atoms with van der Waals surface area (Å²) >= 11 is 0. The van der Waals surface area contributed by atoms with E-state index in [0.717, 1.165) is 22.6 Å². The van der Waals surface area contributed by atoms with Gasteiger partial charge in [-0.25, -0.2) is 0 Å². The highest BCUT2D eigenvalue weighted by atomic mass is 16.5. The third-order valence-corrected chi connectivity index (χ3v) is 4.58. The molecule has 0 aliphatic heterocycles. The van der Waals surface area contributed by atoms with Crippen LogP contribution < -0.4 is 25.4 Å². The number of hydrogen-bond donors (Lipinski definition) is 3. The number of nitrogens with zero attached hydrogens (tertiary/aromatic N) is 1. The van der Waals surface area contributed by atoms with E-state index in [1.165, 1.54) is 6.26 Å². The van der Waals surface area contributed by atoms with Crippen LogP contribution in [-0.4, -0.2) is 33.1 Å². The van der Waals surface area contributed by atoms with Gasteiger partial charge in [-0.2, -0.15) is 0 Å². The lowest BCUT2D eigenvalue weighted by molar-refractivity contribution is 0.0996. The van der Waals surface area contributed by atoms with E-state index in [-0.39, 0.29) is 11.7 Å². The average Bonchev–Trinajstić information content (AvgIpc) is 3.35. The number of guanidine groups is 1. The Bertz CT molecular complexity index is 1010. The molecular formula is C23H26N4O4. The van der Waals surface area contributed by atoms with Gasteiger partial charge in [0.15, 0.2) is 11.7 Å². The Kier molecular flexibility index (Phi) is 7.53. The van der Waals surface area contributed by atoms with Gasteiger partial charge in [-0.1, -0.05) is 12.1 Å². The van der Waals surface area contributed by atoms with Crippen molar-refractivity contribution in [3.8, 4) is 11.5 Å². The second kappa shape index (κ2) is 10.7. The van der Waals surface area contributed by atoms with Crippen LogP contribution in [0.15, 0.2) is 70.3 Å². The lowest BCUT2D eigenvalue weighted by Crippen LogP contribution is -2.36. The van der Waals surface area contributed by atoms with Gasteiger partial charge >= 0.3 is 0 Å². The van der Waals surface area contributed by atoms with Gasteiger partial charge in [0.25, 0.3) is 5.91 Å². The lowest BCUT2D eigenvalue weighted by Gasteiger charge is -2.14. The van der Waals surface area contributed by atoms with E-state index in [1.807, 2.05) is 42.5 Å². The number of hydrogen-bond acceptors (Lipinski definition) is 5. The van der Waals surface area contributed by atoms with Crippen molar-refractivity contribution in [3.05, 3.63) is 77.7 Å². The molecule has 0 bridgehead atoms. The summed E-state index contributed by atoms with van der Waals surface area (Å²) in [7, 11) is 4.97. The first-order valence-electron chi connectivity index (χ1n) is 9.72. The fraction of sp³-hybridized carbons (Fsp3) is 0.217. The fourth-order valence-corrected chi connectivity index (χ4v) is 2.89. The maximum atomic E-state index is 12.0. The minimum Gasteiger partial charge on any atom is -0.497 e. The van der Waals surface area contributed by atoms with E-state index in [4.69, 9.17) is 13.9 Å². The Morgan fingerprint density at radius 1 is 1.00 bits per heavy atom. The van der Waals surface area contributed by atoms with E-state index in [0.29, 0.717) is 24.7 Å². The topological polar surface area (TPSA) is 97.1 Å². The van der Waals surface area contributed by atoms with Gasteiger partial charge in [0.2, 0.25) is 0 Å². The van der Waals surface area contributed by atoms with Crippen LogP contribution in [0.3, 0.4) is 0 Å². The lowest BCUT2D eigenvalue weighted by atomic mass is 10.2. The highest BCUT2D eigenvalue weighted by molar-refractivity contribution is 6.02. The largest absolute Gasteiger partial charge is 0.497 e. The van der Waals surface area contributed by atoms with Gasteiger partial charge in [0.1, 0.15) is 11.5 Å². The number of ether oxygens (including phenoxy) is 2. The minimum absolute atomic E-state index is 0.272. The third-order valence-electron chi connectivity index (χ3n) is 4.58. The third kappa shape index (κ3) is 6.02. The highest BCUT2D eigenvalue weighted by Crippen LogP contribution is 2.24. The first-order valence-corrected chi connectivity index (χ1v) is 9.72. The molecule has 0 aliphatic rings. The highest BCUT2D eigenvalue weighted by Gasteiger charge is 2.09. The van der Waals surface area contributed by atoms with Gasteiger partial charge in [-0.05, 0) is 42.0 Å². The molecule has 3 rings (SSSR count). The zero-order chi connectivity index (χ0) is 22.1. The van der Waals surface area contributed by atoms with E-state index in [2.05, 4.69) is 20.9 Å². The molecule has 8 nitrogen and oxygen atoms in total. The van der Waals surface area contributed by atoms with Crippen molar-refractivity contribution in [2.75, 3.05) is 26.6 Å². The molecule has 1 amide bonds. The maximum absolute atomic E-state index is 12.0. The number of anilines is 1. The number of amides is 1. The van der Waals surface area contributed by atoms with Gasteiger partial charge in [-0.3, -0.25) is 9.79 Å². The summed E-state index contributed by atoms with van der Waals surface area (Å²) in [6.07, 6.45) is 1.47. The van der Waals surface area contributed by atoms with Crippen molar-refractivity contribution < 1.29 is 18.7 Å². The number of methoxy groups -OCH3 is 2. The molecular weight excluding hydrogens is 396 g/mol. The number of benzene rings is 2. The van der Waals surface area contributed by atoms with Crippen LogP contribution in [0.25, 0.3) is 0 Å². The molecule has 0 saturated heterocycles. The molecule has 0 atom stereocenters. The molecule has 162 valence electrons. The Hall–Kier alpha value is -3.94. The number of furan rings is 1. The Balaban J connectivity index is 1.51. The van der Waals surface area contributed by atoms with Crippen molar-refractivity contribution in [1.82, 2.24) is 10.6 Å². The summed E-state index contributed by atoms with van der Waals surface area (Å²) < 4.78 is 15.8. The molecule has 3 aromatic rings. The van der Waals surface area contributed by atoms with Gasteiger partial charge in [0, 0.05) is 37.5 Å². The monoisotopic (exact) mass is 422 g/mol. The van der Waals surface area contributed by atoms with Gasteiger partial charge in [-0.15, -0.1) is 0 Å². The number of nitrogens with one attached hydrogen (secondary N) is 3. The molecule has 2 aromatic carbocycles. The van der Waals surface area contributed by atoms with E-state index < -0.39 is 0 Å². The van der Waals surface area contributed by atoms with Crippen molar-refractivity contribution in [2.45, 2.75) is 13.1 Å². The molecule has 0 unspecified atom stereocenters. The quantitative estimate of drug-likeness (QED) is 0.380. The smallest absolute Gasteiger partial charge is 0.291 e. The summed E-state index contributed by atoms with van der Waals surface area (Å²) in [4.78, 5) is 16.3. The summed E-state index contributed by atoms with van der Waals surface area (Å²) in [5.74, 6) is 2.14. The van der Waals surface area contributed by atoms with Gasteiger partial charge < -0.3 is 29.8 Å². The summed E-state index contributed by atoms with van der Waals surface area (Å²) in [5.41, 5.74) is 2.73. The standard InChI is InChI=1S/C23H26N4O4/c1-24-23(26-15-17-8-11-19(29-2)13-21(17)30-3)25-14-16-6-9-18(10-7-16)27-22(28)20-5-4-12-31-20/h4-13H,14-15H2,1-3H3,(H,27,28)(H2,24,25,26). The normalized spacial score (nSPS) is 11.0. The van der Waals surface area contributed by atoms with Crippen LogP contribution >= 0.6 is 0 Å². The molecule has 1 aromatic heterocycles. The zero-order valence-corrected chi connectivity index (χ0v) is 17.8. The zero-order valence-electron chi connectivity index (χ0n) is 17.8. The van der Waals surface area contributed by atoms with Crippen LogP contribution in [0, 0.1) is 0 Å². The van der Waals surface area contributed by atoms with E-state index >= 15 is 0 Å². The molecule has 8 heteroatoms. The van der Waals surface area contributed by atoms with Crippen LogP contribution in [0.1, 0.15) is 21.7 Å². The molecule has 1 heterocycles. The number of rotatable bonds is 8. The Morgan fingerprint density at radius 2 is 1.77 bits per heavy atom. The van der Waals surface area contributed by atoms with Crippen LogP contribution in [0.2, 0.25) is 0 Å². The van der Waals surface area contributed by atoms with Crippen molar-refractivity contribution >= 4 is 17.6 Å². The number of carbonyl (C=O) groups is 1. The summed E-state index contributed by atoms with van der Waals surface area (Å²) in [6, 6.07) is 16.5.